The fraction of sp³-hybridized carbons (Fsp3) is 0.611. The molecule has 1 aliphatic rings. The van der Waals surface area contributed by atoms with Gasteiger partial charge in [-0.2, -0.15) is 0 Å². The van der Waals surface area contributed by atoms with Gasteiger partial charge in [-0.25, -0.2) is 0 Å². The van der Waals surface area contributed by atoms with E-state index in [1.54, 1.807) is 0 Å². The first kappa shape index (κ1) is 15.9. The molecule has 0 spiro atoms. The first-order valence-electron chi connectivity index (χ1n) is 8.22. The van der Waals surface area contributed by atoms with E-state index in [2.05, 4.69) is 24.5 Å². The van der Waals surface area contributed by atoms with Gasteiger partial charge in [-0.3, -0.25) is 4.79 Å². The van der Waals surface area contributed by atoms with Crippen LogP contribution >= 0.6 is 0 Å². The topological polar surface area (TPSA) is 41.1 Å². The molecule has 2 rings (SSSR count). The summed E-state index contributed by atoms with van der Waals surface area (Å²) in [4.78, 5) is 12.2. The Balaban J connectivity index is 1.88. The summed E-state index contributed by atoms with van der Waals surface area (Å²) >= 11 is 0. The number of amides is 1. The second-order valence-corrected chi connectivity index (χ2v) is 6.45. The molecule has 1 aliphatic carbocycles. The number of benzene rings is 1. The summed E-state index contributed by atoms with van der Waals surface area (Å²) in [5.74, 6) is 1.54. The molecule has 0 bridgehead atoms. The Morgan fingerprint density at radius 2 is 2.14 bits per heavy atom. The van der Waals surface area contributed by atoms with Crippen molar-refractivity contribution in [2.24, 2.45) is 11.8 Å². The minimum Gasteiger partial charge on any atom is -0.385 e. The van der Waals surface area contributed by atoms with E-state index in [1.165, 1.54) is 19.3 Å². The summed E-state index contributed by atoms with van der Waals surface area (Å²) in [5, 5.41) is 6.47. The van der Waals surface area contributed by atoms with Crippen LogP contribution in [-0.2, 0) is 0 Å². The zero-order chi connectivity index (χ0) is 15.2. The molecule has 2 unspecified atom stereocenters. The van der Waals surface area contributed by atoms with Crippen molar-refractivity contribution in [3.8, 4) is 0 Å². The van der Waals surface area contributed by atoms with E-state index in [4.69, 9.17) is 0 Å². The van der Waals surface area contributed by atoms with Gasteiger partial charge >= 0.3 is 0 Å². The normalized spacial score (nSPS) is 21.3. The van der Waals surface area contributed by atoms with E-state index in [1.807, 2.05) is 25.1 Å². The predicted octanol–water partition coefficient (Wildman–Crippen LogP) is 3.98. The molecule has 3 heteroatoms. The van der Waals surface area contributed by atoms with Gasteiger partial charge in [0.25, 0.3) is 5.91 Å². The van der Waals surface area contributed by atoms with Gasteiger partial charge in [0.2, 0.25) is 0 Å². The van der Waals surface area contributed by atoms with Crippen molar-refractivity contribution in [1.82, 2.24) is 5.32 Å². The van der Waals surface area contributed by atoms with Crippen LogP contribution in [0.4, 0.5) is 5.69 Å². The van der Waals surface area contributed by atoms with Crippen LogP contribution in [-0.4, -0.2) is 19.0 Å². The van der Waals surface area contributed by atoms with Crippen LogP contribution in [0.2, 0.25) is 0 Å². The summed E-state index contributed by atoms with van der Waals surface area (Å²) in [7, 11) is 0. The largest absolute Gasteiger partial charge is 0.385 e. The third-order valence-electron chi connectivity index (χ3n) is 4.41. The molecule has 116 valence electrons. The lowest BCUT2D eigenvalue weighted by molar-refractivity contribution is 0.0947. The second kappa shape index (κ2) is 7.48. The number of anilines is 1. The maximum Gasteiger partial charge on any atom is 0.251 e. The number of rotatable bonds is 6. The van der Waals surface area contributed by atoms with Gasteiger partial charge in [-0.1, -0.05) is 20.3 Å². The maximum absolute atomic E-state index is 12.2. The summed E-state index contributed by atoms with van der Waals surface area (Å²) in [6.07, 6.45) is 4.90. The second-order valence-electron chi connectivity index (χ2n) is 6.45. The molecule has 1 fully saturated rings. The molecule has 0 aliphatic heterocycles. The Labute approximate surface area is 128 Å². The highest BCUT2D eigenvalue weighted by Crippen LogP contribution is 2.29. The molecule has 1 saturated carbocycles. The molecule has 21 heavy (non-hydrogen) atoms. The minimum absolute atomic E-state index is 0.0553. The number of aryl methyl sites for hydroxylation is 1. The lowest BCUT2D eigenvalue weighted by Crippen LogP contribution is -2.28. The van der Waals surface area contributed by atoms with Crippen molar-refractivity contribution >= 4 is 11.6 Å². The van der Waals surface area contributed by atoms with Gasteiger partial charge in [0.1, 0.15) is 0 Å². The molecule has 1 aromatic rings. The molecular weight excluding hydrogens is 260 g/mol. The predicted molar refractivity (Wildman–Crippen MR) is 88.8 cm³/mol. The number of hydrogen-bond acceptors (Lipinski definition) is 2. The van der Waals surface area contributed by atoms with Gasteiger partial charge in [-0.05, 0) is 61.8 Å². The smallest absolute Gasteiger partial charge is 0.251 e. The first-order valence-corrected chi connectivity index (χ1v) is 8.22. The lowest BCUT2D eigenvalue weighted by Gasteiger charge is -2.13. The highest BCUT2D eigenvalue weighted by molar-refractivity contribution is 5.94. The number of carbonyl (C=O) groups is 1. The van der Waals surface area contributed by atoms with Crippen LogP contribution in [0.3, 0.4) is 0 Å². The zero-order valence-electron chi connectivity index (χ0n) is 13.5. The third kappa shape index (κ3) is 4.48. The van der Waals surface area contributed by atoms with E-state index >= 15 is 0 Å². The Bertz CT molecular complexity index is 484. The molecule has 1 amide bonds. The molecule has 0 aromatic heterocycles. The zero-order valence-corrected chi connectivity index (χ0v) is 13.5. The molecule has 1 aromatic carbocycles. The van der Waals surface area contributed by atoms with Gasteiger partial charge in [0.15, 0.2) is 0 Å². The number of nitrogens with one attached hydrogen (secondary N) is 2. The van der Waals surface area contributed by atoms with Crippen LogP contribution in [0.1, 0.15) is 55.5 Å². The SMILES string of the molecule is CCCNc1ccc(C(=O)NCC2CCC(C)C2)cc1C. The molecule has 0 heterocycles. The van der Waals surface area contributed by atoms with Crippen LogP contribution in [0.15, 0.2) is 18.2 Å². The van der Waals surface area contributed by atoms with E-state index in [9.17, 15) is 4.79 Å². The number of hydrogen-bond donors (Lipinski definition) is 2. The van der Waals surface area contributed by atoms with Gasteiger partial charge in [0.05, 0.1) is 0 Å². The molecular formula is C18H28N2O. The highest BCUT2D eigenvalue weighted by Gasteiger charge is 2.21. The molecule has 3 nitrogen and oxygen atoms in total. The standard InChI is InChI=1S/C18H28N2O/c1-4-9-19-17-8-7-16(11-14(17)3)18(21)20-12-15-6-5-13(2)10-15/h7-8,11,13,15,19H,4-6,9-10,12H2,1-3H3,(H,20,21). The Morgan fingerprint density at radius 3 is 2.76 bits per heavy atom. The van der Waals surface area contributed by atoms with Gasteiger partial charge in [0, 0.05) is 24.3 Å². The van der Waals surface area contributed by atoms with Crippen molar-refractivity contribution < 1.29 is 4.79 Å². The fourth-order valence-corrected chi connectivity index (χ4v) is 3.11. The van der Waals surface area contributed by atoms with Crippen molar-refractivity contribution in [3.05, 3.63) is 29.3 Å². The monoisotopic (exact) mass is 288 g/mol. The number of carbonyl (C=O) groups excluding carboxylic acids is 1. The van der Waals surface area contributed by atoms with Crippen molar-refractivity contribution in [2.75, 3.05) is 18.4 Å². The summed E-state index contributed by atoms with van der Waals surface area (Å²) < 4.78 is 0. The van der Waals surface area contributed by atoms with Crippen molar-refractivity contribution in [1.29, 1.82) is 0 Å². The quantitative estimate of drug-likeness (QED) is 0.831. The van der Waals surface area contributed by atoms with Crippen LogP contribution < -0.4 is 10.6 Å². The van der Waals surface area contributed by atoms with E-state index in [0.717, 1.165) is 42.2 Å². The van der Waals surface area contributed by atoms with Crippen LogP contribution in [0.5, 0.6) is 0 Å². The third-order valence-corrected chi connectivity index (χ3v) is 4.41. The van der Waals surface area contributed by atoms with E-state index in [-0.39, 0.29) is 5.91 Å². The van der Waals surface area contributed by atoms with Crippen molar-refractivity contribution in [3.63, 3.8) is 0 Å². The molecule has 2 N–H and O–H groups in total. The average Bonchev–Trinajstić information content (AvgIpc) is 2.89. The summed E-state index contributed by atoms with van der Waals surface area (Å²) in [6, 6.07) is 5.90. The van der Waals surface area contributed by atoms with E-state index < -0.39 is 0 Å². The maximum atomic E-state index is 12.2. The molecule has 0 saturated heterocycles. The fourth-order valence-electron chi connectivity index (χ4n) is 3.11. The minimum atomic E-state index is 0.0553. The Kier molecular flexibility index (Phi) is 5.66. The van der Waals surface area contributed by atoms with Crippen LogP contribution in [0, 0.1) is 18.8 Å². The van der Waals surface area contributed by atoms with Gasteiger partial charge < -0.3 is 10.6 Å². The summed E-state index contributed by atoms with van der Waals surface area (Å²) in [5.41, 5.74) is 3.02. The molecule has 0 radical (unpaired) electrons. The Hall–Kier alpha value is -1.51. The molecule has 2 atom stereocenters. The van der Waals surface area contributed by atoms with Crippen molar-refractivity contribution in [2.45, 2.75) is 46.5 Å². The van der Waals surface area contributed by atoms with E-state index in [0.29, 0.717) is 5.92 Å². The summed E-state index contributed by atoms with van der Waals surface area (Å²) in [6.45, 7) is 8.28. The first-order chi connectivity index (χ1) is 10.1. The van der Waals surface area contributed by atoms with Crippen LogP contribution in [0.25, 0.3) is 0 Å². The highest BCUT2D eigenvalue weighted by atomic mass is 16.1. The average molecular weight is 288 g/mol. The Morgan fingerprint density at radius 1 is 1.33 bits per heavy atom. The van der Waals surface area contributed by atoms with Gasteiger partial charge in [-0.15, -0.1) is 0 Å². The lowest BCUT2D eigenvalue weighted by atomic mass is 10.1.